The summed E-state index contributed by atoms with van der Waals surface area (Å²) >= 11 is 0. The quantitative estimate of drug-likeness (QED) is 0.0897. The van der Waals surface area contributed by atoms with E-state index < -0.39 is 0 Å². The molecule has 4 heteroatoms. The molecule has 23 aromatic carbocycles. The molecule has 0 saturated carbocycles. The molecule has 2 aromatic heterocycles. The maximum atomic E-state index is 2.40. The monoisotopic (exact) mass is 1680 g/mol. The Morgan fingerprint density at radius 2 is 0.364 bits per heavy atom. The van der Waals surface area contributed by atoms with Crippen LogP contribution in [0.2, 0.25) is 0 Å². The van der Waals surface area contributed by atoms with Gasteiger partial charge in [0.25, 0.3) is 0 Å². The summed E-state index contributed by atoms with van der Waals surface area (Å²) in [6, 6.07) is 190. The fraction of sp³-hybridized carbons (Fsp3) is 0. The maximum Gasteiger partial charge on any atom is 0.0541 e. The van der Waals surface area contributed by atoms with Gasteiger partial charge in [-0.2, -0.15) is 0 Å². The SMILES string of the molecule is c1ccc(-c2c3ccccc3c(-c3ccc(N(c4ccccc4)c4ccc(-c5ccc(-c6ccc(-c7ccc8c(c7)c7ccccc7n8-c7ccccc7)cc6)cc5)cc4)cc3)c3ccccc23)cc1.c1ccc(-c2c3ccccc3c(-c3ccc(N(c4ccccc4)c4ccc(-c5ccc6c(c5)c5ccccc5n6-c5ccccc5)c5ccccc45)cc3)c3ccccc23)cc1. The standard InChI is InChI=1S/C68H46N2.C60H40N2/c1-4-16-52(17-5-1)67-60-23-10-12-25-62(60)68(63-26-13-11-24-61(63)67)53-38-43-58(44-39-53)69(55-18-6-2-7-19-55)57-41-36-50(37-42-57)49-30-28-47(29-31-49)48-32-34-51(35-33-48)54-40-45-66-64(46-54)59-22-14-15-27-65(59)70(66)56-20-8-3-9-21-56;1-4-18-41(19-5-1)59-51-27-12-14-29-53(51)60(54-30-15-13-28-52(54)59)42-32-35-46(36-33-42)61(44-20-6-2-7-21-44)57-39-37-47(48-24-10-11-25-49(48)57)43-34-38-58-55(40-43)50-26-16-17-31-56(50)62(58)45-22-8-3-9-23-45/h1-46H;1-40H. The van der Waals surface area contributed by atoms with Crippen LogP contribution in [0.3, 0.4) is 0 Å². The molecule has 132 heavy (non-hydrogen) atoms. The van der Waals surface area contributed by atoms with E-state index in [1.165, 1.54) is 192 Å². The van der Waals surface area contributed by atoms with Gasteiger partial charge in [-0.25, -0.2) is 0 Å². The number of anilines is 6. The van der Waals surface area contributed by atoms with Gasteiger partial charge >= 0.3 is 0 Å². The van der Waals surface area contributed by atoms with Crippen molar-refractivity contribution in [3.05, 3.63) is 522 Å². The molecular weight excluding hydrogens is 1590 g/mol. The van der Waals surface area contributed by atoms with Crippen LogP contribution in [-0.4, -0.2) is 9.13 Å². The molecule has 2 heterocycles. The number of hydrogen-bond donors (Lipinski definition) is 0. The lowest BCUT2D eigenvalue weighted by Gasteiger charge is -2.28. The summed E-state index contributed by atoms with van der Waals surface area (Å²) in [6.45, 7) is 0. The molecule has 0 bridgehead atoms. The molecule has 0 saturated heterocycles. The van der Waals surface area contributed by atoms with Crippen LogP contribution in [0.5, 0.6) is 0 Å². The Bertz CT molecular complexity index is 8500. The summed E-state index contributed by atoms with van der Waals surface area (Å²) < 4.78 is 4.74. The van der Waals surface area contributed by atoms with Crippen LogP contribution in [0.1, 0.15) is 0 Å². The Balaban J connectivity index is 0.000000147. The molecule has 4 nitrogen and oxygen atoms in total. The molecule has 0 radical (unpaired) electrons. The zero-order valence-corrected chi connectivity index (χ0v) is 72.4. The lowest BCUT2D eigenvalue weighted by Crippen LogP contribution is -2.10. The van der Waals surface area contributed by atoms with E-state index in [9.17, 15) is 0 Å². The van der Waals surface area contributed by atoms with Crippen molar-refractivity contribution in [3.63, 3.8) is 0 Å². The average molecular weight is 1680 g/mol. The molecule has 0 aliphatic heterocycles. The zero-order valence-electron chi connectivity index (χ0n) is 72.4. The third-order valence-electron chi connectivity index (χ3n) is 26.6. The molecule has 618 valence electrons. The van der Waals surface area contributed by atoms with Crippen molar-refractivity contribution in [2.45, 2.75) is 0 Å². The predicted octanol–water partition coefficient (Wildman–Crippen LogP) is 35.6. The van der Waals surface area contributed by atoms with Crippen LogP contribution in [0.25, 0.3) is 198 Å². The van der Waals surface area contributed by atoms with Crippen molar-refractivity contribution in [1.29, 1.82) is 0 Å². The highest BCUT2D eigenvalue weighted by atomic mass is 15.1. The molecule has 0 aliphatic rings. The molecule has 0 atom stereocenters. The van der Waals surface area contributed by atoms with Crippen molar-refractivity contribution < 1.29 is 0 Å². The highest BCUT2D eigenvalue weighted by molar-refractivity contribution is 6.24. The van der Waals surface area contributed by atoms with Crippen LogP contribution >= 0.6 is 0 Å². The Kier molecular flexibility index (Phi) is 19.9. The van der Waals surface area contributed by atoms with E-state index in [0.717, 1.165) is 39.8 Å². The lowest BCUT2D eigenvalue weighted by molar-refractivity contribution is 1.18. The van der Waals surface area contributed by atoms with Gasteiger partial charge in [-0.3, -0.25) is 0 Å². The van der Waals surface area contributed by atoms with Gasteiger partial charge < -0.3 is 18.9 Å². The van der Waals surface area contributed by atoms with Crippen molar-refractivity contribution >= 4 is 132 Å². The first-order valence-corrected chi connectivity index (χ1v) is 45.4. The van der Waals surface area contributed by atoms with Gasteiger partial charge in [-0.1, -0.05) is 394 Å². The largest absolute Gasteiger partial charge is 0.311 e. The van der Waals surface area contributed by atoms with Gasteiger partial charge in [0.2, 0.25) is 0 Å². The number of aromatic nitrogens is 2. The summed E-state index contributed by atoms with van der Waals surface area (Å²) in [5.74, 6) is 0. The Morgan fingerprint density at radius 1 is 0.129 bits per heavy atom. The number of rotatable bonds is 16. The summed E-state index contributed by atoms with van der Waals surface area (Å²) in [5, 5.41) is 17.5. The molecule has 0 unspecified atom stereocenters. The third kappa shape index (κ3) is 14.0. The molecule has 0 aliphatic carbocycles. The lowest BCUT2D eigenvalue weighted by atomic mass is 9.86. The normalized spacial score (nSPS) is 11.5. The number of hydrogen-bond acceptors (Lipinski definition) is 2. The first-order valence-electron chi connectivity index (χ1n) is 45.4. The maximum absolute atomic E-state index is 2.40. The first kappa shape index (κ1) is 78.1. The summed E-state index contributed by atoms with van der Waals surface area (Å²) in [4.78, 5) is 4.75. The summed E-state index contributed by atoms with van der Waals surface area (Å²) in [6.07, 6.45) is 0. The highest BCUT2D eigenvalue weighted by Gasteiger charge is 2.25. The van der Waals surface area contributed by atoms with Gasteiger partial charge in [0.05, 0.1) is 27.8 Å². The molecule has 0 N–H and O–H groups in total. The minimum atomic E-state index is 1.10. The summed E-state index contributed by atoms with van der Waals surface area (Å²) in [7, 11) is 0. The van der Waals surface area contributed by atoms with E-state index in [1.807, 2.05) is 0 Å². The average Bonchev–Trinajstić information content (AvgIpc) is 1.47. The predicted molar refractivity (Wildman–Crippen MR) is 562 cm³/mol. The van der Waals surface area contributed by atoms with Gasteiger partial charge in [0, 0.05) is 66.7 Å². The third-order valence-corrected chi connectivity index (χ3v) is 26.6. The molecule has 0 amide bonds. The topological polar surface area (TPSA) is 16.3 Å². The van der Waals surface area contributed by atoms with E-state index in [2.05, 4.69) is 541 Å². The van der Waals surface area contributed by atoms with Crippen LogP contribution in [0.4, 0.5) is 34.1 Å². The van der Waals surface area contributed by atoms with E-state index in [-0.39, 0.29) is 0 Å². The van der Waals surface area contributed by atoms with E-state index >= 15 is 0 Å². The Labute approximate surface area is 767 Å². The second-order valence-electron chi connectivity index (χ2n) is 34.1. The zero-order chi connectivity index (χ0) is 87.4. The minimum Gasteiger partial charge on any atom is -0.311 e. The molecule has 25 aromatic rings. The molecule has 25 rings (SSSR count). The van der Waals surface area contributed by atoms with Crippen molar-refractivity contribution in [2.24, 2.45) is 0 Å². The molecule has 0 fully saturated rings. The minimum absolute atomic E-state index is 1.10. The second kappa shape index (κ2) is 33.7. The highest BCUT2D eigenvalue weighted by Crippen LogP contribution is 2.50. The van der Waals surface area contributed by atoms with Crippen LogP contribution < -0.4 is 9.80 Å². The number of fused-ring (bicyclic) bond motifs is 11. The van der Waals surface area contributed by atoms with E-state index in [4.69, 9.17) is 0 Å². The number of nitrogens with zero attached hydrogens (tertiary/aromatic N) is 4. The van der Waals surface area contributed by atoms with Gasteiger partial charge in [0.1, 0.15) is 0 Å². The van der Waals surface area contributed by atoms with Gasteiger partial charge in [0.15, 0.2) is 0 Å². The van der Waals surface area contributed by atoms with Crippen molar-refractivity contribution in [1.82, 2.24) is 9.13 Å². The van der Waals surface area contributed by atoms with Gasteiger partial charge in [-0.15, -0.1) is 0 Å². The van der Waals surface area contributed by atoms with Crippen molar-refractivity contribution in [2.75, 3.05) is 9.80 Å². The van der Waals surface area contributed by atoms with Crippen LogP contribution in [0, 0.1) is 0 Å². The van der Waals surface area contributed by atoms with Crippen molar-refractivity contribution in [3.8, 4) is 100 Å². The van der Waals surface area contributed by atoms with Gasteiger partial charge in [-0.05, 0) is 265 Å². The first-order chi connectivity index (χ1) is 65.5. The Hall–Kier alpha value is -17.4. The van der Waals surface area contributed by atoms with Crippen LogP contribution in [0.15, 0.2) is 522 Å². The van der Waals surface area contributed by atoms with E-state index in [0.29, 0.717) is 0 Å². The fourth-order valence-corrected chi connectivity index (χ4v) is 20.5. The second-order valence-corrected chi connectivity index (χ2v) is 34.1. The number of benzene rings is 23. The molecule has 0 spiro atoms. The fourth-order valence-electron chi connectivity index (χ4n) is 20.5. The van der Waals surface area contributed by atoms with E-state index in [1.54, 1.807) is 0 Å². The summed E-state index contributed by atoms with van der Waals surface area (Å²) in [5.41, 5.74) is 33.3. The number of para-hydroxylation sites is 6. The van der Waals surface area contributed by atoms with Crippen LogP contribution in [-0.2, 0) is 0 Å². The smallest absolute Gasteiger partial charge is 0.0541 e. The molecular formula is C128H86N4. The Morgan fingerprint density at radius 3 is 0.735 bits per heavy atom.